The van der Waals surface area contributed by atoms with Crippen molar-refractivity contribution in [1.29, 1.82) is 0 Å². The number of benzene rings is 1. The van der Waals surface area contributed by atoms with Gasteiger partial charge in [-0.1, -0.05) is 35.9 Å². The highest BCUT2D eigenvalue weighted by molar-refractivity contribution is 6.29. The molecule has 5 heteroatoms. The van der Waals surface area contributed by atoms with Gasteiger partial charge in [0.1, 0.15) is 0 Å². The van der Waals surface area contributed by atoms with Crippen LogP contribution in [0.5, 0.6) is 0 Å². The van der Waals surface area contributed by atoms with Gasteiger partial charge >= 0.3 is 6.09 Å². The van der Waals surface area contributed by atoms with E-state index in [4.69, 9.17) is 16.7 Å². The van der Waals surface area contributed by atoms with Crippen LogP contribution in [0.25, 0.3) is 0 Å². The number of hydrogen-bond donors (Lipinski definition) is 1. The third kappa shape index (κ3) is 2.53. The van der Waals surface area contributed by atoms with Gasteiger partial charge in [-0.3, -0.25) is 4.90 Å². The highest BCUT2D eigenvalue weighted by Crippen LogP contribution is 2.34. The first-order chi connectivity index (χ1) is 9.65. The number of rotatable bonds is 1. The number of hydrogen-bond acceptors (Lipinski definition) is 2. The van der Waals surface area contributed by atoms with Crippen LogP contribution in [0.2, 0.25) is 0 Å². The number of carbonyl (C=O) groups is 1. The minimum Gasteiger partial charge on any atom is -0.465 e. The lowest BCUT2D eigenvalue weighted by Gasteiger charge is -2.39. The molecule has 1 aliphatic carbocycles. The summed E-state index contributed by atoms with van der Waals surface area (Å²) >= 11 is 6.27. The van der Waals surface area contributed by atoms with Crippen LogP contribution < -0.4 is 0 Å². The molecule has 0 bridgehead atoms. The van der Waals surface area contributed by atoms with Crippen LogP contribution in [-0.2, 0) is 6.42 Å². The van der Waals surface area contributed by atoms with Crippen molar-refractivity contribution >= 4 is 17.7 Å². The Morgan fingerprint density at radius 3 is 2.60 bits per heavy atom. The molecule has 2 aliphatic rings. The maximum Gasteiger partial charge on any atom is 0.407 e. The molecule has 1 aromatic rings. The van der Waals surface area contributed by atoms with Gasteiger partial charge in [-0.05, 0) is 17.2 Å². The van der Waals surface area contributed by atoms with Gasteiger partial charge in [0, 0.05) is 37.6 Å². The fourth-order valence-corrected chi connectivity index (χ4v) is 3.24. The van der Waals surface area contributed by atoms with Crippen molar-refractivity contribution in [3.8, 4) is 0 Å². The van der Waals surface area contributed by atoms with Crippen LogP contribution in [0, 0.1) is 0 Å². The van der Waals surface area contributed by atoms with Crippen LogP contribution in [0.1, 0.15) is 17.2 Å². The van der Waals surface area contributed by atoms with E-state index < -0.39 is 6.09 Å². The lowest BCUT2D eigenvalue weighted by molar-refractivity contribution is 0.0940. The first-order valence-electron chi connectivity index (χ1n) is 6.81. The van der Waals surface area contributed by atoms with E-state index in [1.54, 1.807) is 0 Å². The summed E-state index contributed by atoms with van der Waals surface area (Å²) in [6, 6.07) is 8.51. The van der Waals surface area contributed by atoms with Crippen LogP contribution in [0.4, 0.5) is 4.79 Å². The molecule has 4 nitrogen and oxygen atoms in total. The summed E-state index contributed by atoms with van der Waals surface area (Å²) in [6.07, 6.45) is 2.06. The molecule has 0 aromatic heterocycles. The lowest BCUT2D eigenvalue weighted by atomic mass is 9.91. The quantitative estimate of drug-likeness (QED) is 0.865. The molecule has 1 saturated heterocycles. The monoisotopic (exact) mass is 292 g/mol. The van der Waals surface area contributed by atoms with E-state index >= 15 is 0 Å². The average molecular weight is 293 g/mol. The number of nitrogens with zero attached hydrogens (tertiary/aromatic N) is 2. The van der Waals surface area contributed by atoms with Crippen molar-refractivity contribution in [2.45, 2.75) is 12.5 Å². The zero-order chi connectivity index (χ0) is 14.1. The van der Waals surface area contributed by atoms with Crippen molar-refractivity contribution in [3.05, 3.63) is 46.5 Å². The Labute approximate surface area is 123 Å². The molecule has 1 amide bonds. The fourth-order valence-electron chi connectivity index (χ4n) is 2.98. The largest absolute Gasteiger partial charge is 0.465 e. The zero-order valence-electron chi connectivity index (χ0n) is 11.1. The molecule has 106 valence electrons. The first-order valence-corrected chi connectivity index (χ1v) is 7.19. The van der Waals surface area contributed by atoms with Crippen molar-refractivity contribution < 1.29 is 9.90 Å². The van der Waals surface area contributed by atoms with E-state index in [9.17, 15) is 4.79 Å². The Morgan fingerprint density at radius 1 is 1.20 bits per heavy atom. The van der Waals surface area contributed by atoms with Gasteiger partial charge in [-0.15, -0.1) is 0 Å². The fraction of sp³-hybridized carbons (Fsp3) is 0.400. The van der Waals surface area contributed by atoms with Gasteiger partial charge in [0.15, 0.2) is 0 Å². The zero-order valence-corrected chi connectivity index (χ0v) is 11.9. The summed E-state index contributed by atoms with van der Waals surface area (Å²) < 4.78 is 0. The molecular formula is C15H17ClN2O2. The number of halogens is 1. The highest BCUT2D eigenvalue weighted by atomic mass is 35.5. The summed E-state index contributed by atoms with van der Waals surface area (Å²) in [4.78, 5) is 14.7. The van der Waals surface area contributed by atoms with Crippen LogP contribution in [0.3, 0.4) is 0 Å². The molecule has 0 radical (unpaired) electrons. The van der Waals surface area contributed by atoms with E-state index in [-0.39, 0.29) is 6.04 Å². The van der Waals surface area contributed by atoms with Gasteiger partial charge in [0.25, 0.3) is 0 Å². The van der Waals surface area contributed by atoms with Crippen molar-refractivity contribution in [3.63, 3.8) is 0 Å². The number of carboxylic acid groups (broad SMARTS) is 1. The Kier molecular flexibility index (Phi) is 3.68. The minimum atomic E-state index is -0.831. The molecule has 3 rings (SSSR count). The van der Waals surface area contributed by atoms with Crippen molar-refractivity contribution in [1.82, 2.24) is 9.80 Å². The van der Waals surface area contributed by atoms with Crippen LogP contribution in [0.15, 0.2) is 35.4 Å². The molecule has 1 fully saturated rings. The lowest BCUT2D eigenvalue weighted by Crippen LogP contribution is -2.49. The van der Waals surface area contributed by atoms with E-state index in [1.807, 2.05) is 12.1 Å². The number of fused-ring (bicyclic) bond motifs is 1. The second-order valence-corrected chi connectivity index (χ2v) is 5.73. The summed E-state index contributed by atoms with van der Waals surface area (Å²) in [7, 11) is 0. The van der Waals surface area contributed by atoms with Gasteiger partial charge in [-0.25, -0.2) is 4.79 Å². The van der Waals surface area contributed by atoms with Gasteiger partial charge in [0.05, 0.1) is 6.04 Å². The van der Waals surface area contributed by atoms with E-state index in [1.165, 1.54) is 16.0 Å². The van der Waals surface area contributed by atoms with E-state index in [0.717, 1.165) is 24.5 Å². The summed E-state index contributed by atoms with van der Waals surface area (Å²) in [5, 5.41) is 9.88. The predicted molar refractivity (Wildman–Crippen MR) is 78.0 cm³/mol. The summed E-state index contributed by atoms with van der Waals surface area (Å²) in [6.45, 7) is 2.59. The molecule has 1 aliphatic heterocycles. The summed E-state index contributed by atoms with van der Waals surface area (Å²) in [5.41, 5.74) is 2.56. The molecule has 0 saturated carbocycles. The molecule has 1 unspecified atom stereocenters. The molecule has 0 spiro atoms. The minimum absolute atomic E-state index is 0.170. The van der Waals surface area contributed by atoms with Crippen LogP contribution in [-0.4, -0.2) is 47.2 Å². The smallest absolute Gasteiger partial charge is 0.407 e. The van der Waals surface area contributed by atoms with Crippen molar-refractivity contribution in [2.75, 3.05) is 26.2 Å². The SMILES string of the molecule is O=C(O)N1CCN(C2C=C(Cl)Cc3ccccc32)CC1. The Hall–Kier alpha value is -1.52. The van der Waals surface area contributed by atoms with Crippen LogP contribution >= 0.6 is 11.6 Å². The summed E-state index contributed by atoms with van der Waals surface area (Å²) in [5.74, 6) is 0. The van der Waals surface area contributed by atoms with E-state index in [2.05, 4.69) is 23.1 Å². The Bertz CT molecular complexity index is 551. The molecule has 1 atom stereocenters. The number of piperazine rings is 1. The number of allylic oxidation sites excluding steroid dienone is 1. The standard InChI is InChI=1S/C15H17ClN2O2/c16-12-9-11-3-1-2-4-13(11)14(10-12)17-5-7-18(8-6-17)15(19)20/h1-4,10,14H,5-9H2,(H,19,20). The molecule has 1 N–H and O–H groups in total. The van der Waals surface area contributed by atoms with E-state index in [0.29, 0.717) is 13.1 Å². The first kappa shape index (κ1) is 13.5. The maximum atomic E-state index is 11.0. The average Bonchev–Trinajstić information content (AvgIpc) is 2.46. The Morgan fingerprint density at radius 2 is 1.90 bits per heavy atom. The van der Waals surface area contributed by atoms with Gasteiger partial charge < -0.3 is 10.0 Å². The third-order valence-electron chi connectivity index (χ3n) is 4.05. The third-order valence-corrected chi connectivity index (χ3v) is 4.31. The molecule has 20 heavy (non-hydrogen) atoms. The second-order valence-electron chi connectivity index (χ2n) is 5.24. The normalized spacial score (nSPS) is 23.1. The van der Waals surface area contributed by atoms with Gasteiger partial charge in [-0.2, -0.15) is 0 Å². The predicted octanol–water partition coefficient (Wildman–Crippen LogP) is 2.70. The second kappa shape index (κ2) is 5.46. The number of amides is 1. The highest BCUT2D eigenvalue weighted by Gasteiger charge is 2.28. The van der Waals surface area contributed by atoms with Gasteiger partial charge in [0.2, 0.25) is 0 Å². The molecule has 1 heterocycles. The Balaban J connectivity index is 1.80. The molecule has 1 aromatic carbocycles. The topological polar surface area (TPSA) is 43.8 Å². The molecular weight excluding hydrogens is 276 g/mol. The maximum absolute atomic E-state index is 11.0. The van der Waals surface area contributed by atoms with Crippen molar-refractivity contribution in [2.24, 2.45) is 0 Å².